The van der Waals surface area contributed by atoms with Crippen LogP contribution >= 0.6 is 11.6 Å². The van der Waals surface area contributed by atoms with E-state index < -0.39 is 0 Å². The van der Waals surface area contributed by atoms with E-state index in [-0.39, 0.29) is 0 Å². The van der Waals surface area contributed by atoms with Gasteiger partial charge in [0, 0.05) is 30.6 Å². The van der Waals surface area contributed by atoms with Crippen LogP contribution in [0.15, 0.2) is 58.0 Å². The van der Waals surface area contributed by atoms with Crippen molar-refractivity contribution in [1.29, 1.82) is 0 Å². The van der Waals surface area contributed by atoms with Gasteiger partial charge in [0.1, 0.15) is 12.4 Å². The molecule has 0 unspecified atom stereocenters. The quantitative estimate of drug-likeness (QED) is 0.334. The van der Waals surface area contributed by atoms with Crippen LogP contribution in [0.5, 0.6) is 5.75 Å². The largest absolute Gasteiger partial charge is 0.492 e. The third kappa shape index (κ3) is 6.50. The molecule has 7 nitrogen and oxygen atoms in total. The molecule has 0 saturated carbocycles. The first-order valence-corrected chi connectivity index (χ1v) is 9.74. The Balaban J connectivity index is 1.38. The van der Waals surface area contributed by atoms with Gasteiger partial charge in [-0.15, -0.1) is 0 Å². The molecule has 3 rings (SSSR count). The molecule has 0 spiro atoms. The lowest BCUT2D eigenvalue weighted by Crippen LogP contribution is -2.40. The van der Waals surface area contributed by atoms with E-state index in [1.807, 2.05) is 43.3 Å². The molecular formula is C21H24ClN5O2. The summed E-state index contributed by atoms with van der Waals surface area (Å²) in [7, 11) is 1.72. The molecule has 0 fully saturated rings. The van der Waals surface area contributed by atoms with Crippen molar-refractivity contribution in [1.82, 2.24) is 20.8 Å². The maximum Gasteiger partial charge on any atom is 0.228 e. The van der Waals surface area contributed by atoms with Crippen molar-refractivity contribution in [2.75, 3.05) is 26.7 Å². The Hall–Kier alpha value is -3.06. The summed E-state index contributed by atoms with van der Waals surface area (Å²) in [6.45, 7) is 3.83. The first-order chi connectivity index (χ1) is 14.1. The Morgan fingerprint density at radius 2 is 1.93 bits per heavy atom. The van der Waals surface area contributed by atoms with Gasteiger partial charge in [0.05, 0.1) is 6.54 Å². The predicted molar refractivity (Wildman–Crippen MR) is 114 cm³/mol. The maximum absolute atomic E-state index is 6.00. The van der Waals surface area contributed by atoms with Crippen LogP contribution in [0.3, 0.4) is 0 Å². The fourth-order valence-electron chi connectivity index (χ4n) is 2.58. The van der Waals surface area contributed by atoms with Gasteiger partial charge in [-0.25, -0.2) is 0 Å². The van der Waals surface area contributed by atoms with Crippen LogP contribution in [0.1, 0.15) is 11.5 Å². The fourth-order valence-corrected chi connectivity index (χ4v) is 2.77. The van der Waals surface area contributed by atoms with E-state index in [1.165, 1.54) is 5.56 Å². The number of guanidine groups is 1. The summed E-state index contributed by atoms with van der Waals surface area (Å²) in [6, 6.07) is 15.3. The van der Waals surface area contributed by atoms with E-state index in [0.717, 1.165) is 11.3 Å². The molecule has 0 saturated heterocycles. The number of aromatic nitrogens is 2. The second-order valence-corrected chi connectivity index (χ2v) is 6.80. The van der Waals surface area contributed by atoms with Crippen molar-refractivity contribution in [3.8, 4) is 17.1 Å². The van der Waals surface area contributed by atoms with Crippen molar-refractivity contribution < 1.29 is 9.26 Å². The van der Waals surface area contributed by atoms with E-state index in [2.05, 4.69) is 25.8 Å². The molecule has 8 heteroatoms. The zero-order valence-corrected chi connectivity index (χ0v) is 17.2. The molecule has 3 aromatic rings. The average Bonchev–Trinajstić information content (AvgIpc) is 3.20. The van der Waals surface area contributed by atoms with Gasteiger partial charge in [0.25, 0.3) is 0 Å². The van der Waals surface area contributed by atoms with Crippen molar-refractivity contribution in [3.63, 3.8) is 0 Å². The summed E-state index contributed by atoms with van der Waals surface area (Å²) in [5.74, 6) is 2.61. The zero-order valence-electron chi connectivity index (χ0n) is 16.5. The summed E-state index contributed by atoms with van der Waals surface area (Å²) in [5.41, 5.74) is 2.03. The number of aliphatic imine (C=N–C) groups is 1. The van der Waals surface area contributed by atoms with Crippen LogP contribution in [-0.2, 0) is 6.42 Å². The van der Waals surface area contributed by atoms with Gasteiger partial charge in [0.15, 0.2) is 5.96 Å². The summed E-state index contributed by atoms with van der Waals surface area (Å²) in [4.78, 5) is 8.60. The van der Waals surface area contributed by atoms with Crippen LogP contribution in [0, 0.1) is 6.92 Å². The summed E-state index contributed by atoms with van der Waals surface area (Å²) >= 11 is 6.00. The Morgan fingerprint density at radius 3 is 2.69 bits per heavy atom. The summed E-state index contributed by atoms with van der Waals surface area (Å²) in [5, 5.41) is 11.1. The van der Waals surface area contributed by atoms with Crippen LogP contribution in [0.4, 0.5) is 0 Å². The number of rotatable bonds is 8. The van der Waals surface area contributed by atoms with Crippen LogP contribution in [0.2, 0.25) is 5.02 Å². The van der Waals surface area contributed by atoms with Crippen molar-refractivity contribution in [2.45, 2.75) is 13.3 Å². The number of nitrogens with one attached hydrogen (secondary N) is 2. The topological polar surface area (TPSA) is 84.6 Å². The molecular weight excluding hydrogens is 390 g/mol. The standard InChI is InChI=1S/C21H24ClN5O2/c1-15-6-8-18(9-7-15)28-13-12-25-21(23-2)24-11-10-19-26-20(27-29-19)16-4-3-5-17(22)14-16/h3-9,14H,10-13H2,1-2H3,(H2,23,24,25). The summed E-state index contributed by atoms with van der Waals surface area (Å²) in [6.07, 6.45) is 0.578. The number of hydrogen-bond donors (Lipinski definition) is 2. The molecule has 1 heterocycles. The number of halogens is 1. The lowest BCUT2D eigenvalue weighted by Gasteiger charge is -2.12. The Kier molecular flexibility index (Phi) is 7.47. The van der Waals surface area contributed by atoms with Crippen molar-refractivity contribution in [2.24, 2.45) is 4.99 Å². The van der Waals surface area contributed by atoms with Crippen LogP contribution < -0.4 is 15.4 Å². The normalized spacial score (nSPS) is 11.3. The Bertz CT molecular complexity index is 940. The molecule has 0 radical (unpaired) electrons. The lowest BCUT2D eigenvalue weighted by molar-refractivity contribution is 0.322. The van der Waals surface area contributed by atoms with Crippen molar-refractivity contribution >= 4 is 17.6 Å². The monoisotopic (exact) mass is 413 g/mol. The zero-order chi connectivity index (χ0) is 20.5. The van der Waals surface area contributed by atoms with Crippen LogP contribution in [-0.4, -0.2) is 42.8 Å². The van der Waals surface area contributed by atoms with Crippen molar-refractivity contribution in [3.05, 3.63) is 65.0 Å². The Labute approximate surface area is 175 Å². The number of benzene rings is 2. The highest BCUT2D eigenvalue weighted by atomic mass is 35.5. The lowest BCUT2D eigenvalue weighted by atomic mass is 10.2. The molecule has 0 amide bonds. The fraction of sp³-hybridized carbons (Fsp3) is 0.286. The molecule has 0 aliphatic heterocycles. The highest BCUT2D eigenvalue weighted by Gasteiger charge is 2.09. The van der Waals surface area contributed by atoms with Gasteiger partial charge < -0.3 is 19.9 Å². The third-order valence-corrected chi connectivity index (χ3v) is 4.33. The molecule has 0 bridgehead atoms. The summed E-state index contributed by atoms with van der Waals surface area (Å²) < 4.78 is 11.0. The third-order valence-electron chi connectivity index (χ3n) is 4.09. The van der Waals surface area contributed by atoms with Gasteiger partial charge in [-0.1, -0.05) is 46.6 Å². The van der Waals surface area contributed by atoms with E-state index in [1.54, 1.807) is 19.2 Å². The molecule has 0 aliphatic carbocycles. The minimum absolute atomic E-state index is 0.526. The highest BCUT2D eigenvalue weighted by Crippen LogP contribution is 2.19. The van der Waals surface area contributed by atoms with E-state index in [0.29, 0.717) is 48.8 Å². The van der Waals surface area contributed by atoms with Gasteiger partial charge in [-0.2, -0.15) is 4.98 Å². The number of aryl methyl sites for hydroxylation is 1. The molecule has 0 atom stereocenters. The molecule has 1 aromatic heterocycles. The Morgan fingerprint density at radius 1 is 1.14 bits per heavy atom. The molecule has 152 valence electrons. The molecule has 29 heavy (non-hydrogen) atoms. The minimum atomic E-state index is 0.526. The smallest absolute Gasteiger partial charge is 0.228 e. The minimum Gasteiger partial charge on any atom is -0.492 e. The number of ether oxygens (including phenoxy) is 1. The van der Waals surface area contributed by atoms with Gasteiger partial charge in [-0.3, -0.25) is 4.99 Å². The second-order valence-electron chi connectivity index (χ2n) is 6.36. The first kappa shape index (κ1) is 20.7. The van der Waals surface area contributed by atoms with E-state index in [4.69, 9.17) is 20.9 Å². The highest BCUT2D eigenvalue weighted by molar-refractivity contribution is 6.30. The predicted octanol–water partition coefficient (Wildman–Crippen LogP) is 3.48. The molecule has 0 aliphatic rings. The van der Waals surface area contributed by atoms with Gasteiger partial charge in [-0.05, 0) is 31.2 Å². The first-order valence-electron chi connectivity index (χ1n) is 9.36. The van der Waals surface area contributed by atoms with E-state index in [9.17, 15) is 0 Å². The SMILES string of the molecule is CN=C(NCCOc1ccc(C)cc1)NCCc1nc(-c2cccc(Cl)c2)no1. The maximum atomic E-state index is 6.00. The van der Waals surface area contributed by atoms with Crippen LogP contribution in [0.25, 0.3) is 11.4 Å². The van der Waals surface area contributed by atoms with Gasteiger partial charge >= 0.3 is 0 Å². The molecule has 2 N–H and O–H groups in total. The number of nitrogens with zero attached hydrogens (tertiary/aromatic N) is 3. The number of hydrogen-bond acceptors (Lipinski definition) is 5. The van der Waals surface area contributed by atoms with Gasteiger partial charge in [0.2, 0.25) is 11.7 Å². The second kappa shape index (κ2) is 10.5. The average molecular weight is 414 g/mol. The molecule has 2 aromatic carbocycles. The van der Waals surface area contributed by atoms with E-state index >= 15 is 0 Å².